The Labute approximate surface area is 327 Å². The number of piperidine rings is 1. The van der Waals surface area contributed by atoms with Crippen molar-refractivity contribution in [2.75, 3.05) is 56.2 Å². The van der Waals surface area contributed by atoms with Crippen molar-refractivity contribution in [2.24, 2.45) is 0 Å². The fourth-order valence-corrected chi connectivity index (χ4v) is 8.99. The molecule has 16 nitrogen and oxygen atoms in total. The minimum Gasteiger partial charge on any atom is -0.367 e. The summed E-state index contributed by atoms with van der Waals surface area (Å²) in [7, 11) is 3.51. The minimum atomic E-state index is -1.03. The normalized spacial score (nSPS) is 18.8. The fraction of sp³-hybridized carbons (Fsp3) is 0.410. The molecule has 290 valence electrons. The van der Waals surface area contributed by atoms with Crippen LogP contribution in [0.25, 0.3) is 11.0 Å². The molecule has 0 spiro atoms. The van der Waals surface area contributed by atoms with Gasteiger partial charge in [-0.1, -0.05) is 18.9 Å². The molecule has 2 N–H and O–H groups in total. The van der Waals surface area contributed by atoms with Gasteiger partial charge in [0.1, 0.15) is 23.2 Å². The predicted octanol–water partition coefficient (Wildman–Crippen LogP) is 3.62. The maximum Gasteiger partial charge on any atom is 0.270 e. The van der Waals surface area contributed by atoms with Gasteiger partial charge in [-0.15, -0.1) is 11.8 Å². The molecule has 1 saturated carbocycles. The van der Waals surface area contributed by atoms with Crippen molar-refractivity contribution in [1.82, 2.24) is 39.5 Å². The SMILES string of the molecule is CN(C)C(=O)c1cc2cnc(Nc3ccc(N4CCN(C(=O)CCSc5cccc6c5C(=O)N(C5CCC(=O)NC5=O)C6=O)CC4)cn3)nc2n1C1CCCC1. The van der Waals surface area contributed by atoms with Crippen molar-refractivity contribution in [2.45, 2.75) is 61.9 Å². The standard InChI is InChI=1S/C39H42N10O6S/c1-45(2)37(54)28-20-23-21-41-39(44-34(23)48(28)24-6-3-4-7-24)42-30-12-10-25(22-40-30)46-15-17-47(18-16-46)32(51)14-19-56-29-9-5-8-26-33(29)38(55)49(36(26)53)27-11-13-31(50)43-35(27)52/h5,8-10,12,20-22,24,27H,3-4,6-7,11,13-19H2,1-2H3,(H,43,50,52)(H,40,41,42,44). The van der Waals surface area contributed by atoms with Crippen molar-refractivity contribution >= 4 is 75.7 Å². The van der Waals surface area contributed by atoms with Crippen LogP contribution in [-0.4, -0.2) is 122 Å². The molecule has 0 bridgehead atoms. The number of carbonyl (C=O) groups is 6. The minimum absolute atomic E-state index is 0.00390. The number of thioether (sulfide) groups is 1. The summed E-state index contributed by atoms with van der Waals surface area (Å²) in [6.07, 6.45) is 8.19. The van der Waals surface area contributed by atoms with E-state index in [9.17, 15) is 28.8 Å². The molecule has 6 amide bonds. The molecule has 17 heteroatoms. The first kappa shape index (κ1) is 37.1. The third-order valence-electron chi connectivity index (χ3n) is 10.9. The van der Waals surface area contributed by atoms with Gasteiger partial charge in [0.25, 0.3) is 17.7 Å². The lowest BCUT2D eigenvalue weighted by Gasteiger charge is -2.36. The predicted molar refractivity (Wildman–Crippen MR) is 208 cm³/mol. The number of hydrogen-bond donors (Lipinski definition) is 2. The smallest absolute Gasteiger partial charge is 0.270 e. The number of piperazine rings is 1. The summed E-state index contributed by atoms with van der Waals surface area (Å²) in [5.74, 6) is -0.850. The number of amides is 6. The van der Waals surface area contributed by atoms with E-state index >= 15 is 0 Å². The maximum absolute atomic E-state index is 13.4. The number of pyridine rings is 1. The second-order valence-electron chi connectivity index (χ2n) is 14.6. The van der Waals surface area contributed by atoms with Gasteiger partial charge in [0, 0.05) is 81.4 Å². The Morgan fingerprint density at radius 3 is 2.45 bits per heavy atom. The Morgan fingerprint density at radius 2 is 1.73 bits per heavy atom. The Morgan fingerprint density at radius 1 is 0.946 bits per heavy atom. The zero-order chi connectivity index (χ0) is 39.1. The van der Waals surface area contributed by atoms with Crippen LogP contribution in [0.3, 0.4) is 0 Å². The van der Waals surface area contributed by atoms with Gasteiger partial charge in [-0.05, 0) is 49.6 Å². The molecule has 1 atom stereocenters. The number of imide groups is 2. The number of anilines is 3. The van der Waals surface area contributed by atoms with Crippen molar-refractivity contribution in [3.63, 3.8) is 0 Å². The lowest BCUT2D eigenvalue weighted by molar-refractivity contribution is -0.136. The molecule has 3 aliphatic heterocycles. The molecule has 56 heavy (non-hydrogen) atoms. The van der Waals surface area contributed by atoms with Crippen LogP contribution in [0.15, 0.2) is 53.7 Å². The van der Waals surface area contributed by atoms with Crippen LogP contribution in [0.1, 0.15) is 82.2 Å². The lowest BCUT2D eigenvalue weighted by atomic mass is 10.0. The summed E-state index contributed by atoms with van der Waals surface area (Å²) in [6, 6.07) is 9.91. The van der Waals surface area contributed by atoms with Crippen LogP contribution in [0.5, 0.6) is 0 Å². The largest absolute Gasteiger partial charge is 0.367 e. The third kappa shape index (κ3) is 7.06. The van der Waals surface area contributed by atoms with Crippen LogP contribution in [-0.2, 0) is 14.4 Å². The van der Waals surface area contributed by atoms with Crippen molar-refractivity contribution in [3.8, 4) is 0 Å². The maximum atomic E-state index is 13.4. The average Bonchev–Trinajstić information content (AvgIpc) is 3.92. The zero-order valence-corrected chi connectivity index (χ0v) is 32.0. The fourth-order valence-electron chi connectivity index (χ4n) is 7.98. The highest BCUT2D eigenvalue weighted by Gasteiger charge is 2.45. The van der Waals surface area contributed by atoms with Gasteiger partial charge >= 0.3 is 0 Å². The van der Waals surface area contributed by atoms with E-state index < -0.39 is 29.7 Å². The van der Waals surface area contributed by atoms with E-state index in [0.29, 0.717) is 54.3 Å². The van der Waals surface area contributed by atoms with Gasteiger partial charge in [-0.3, -0.25) is 39.0 Å². The molecular formula is C39H42N10O6S. The van der Waals surface area contributed by atoms with E-state index in [0.717, 1.165) is 47.3 Å². The number of aromatic nitrogens is 4. The van der Waals surface area contributed by atoms with Gasteiger partial charge in [0.05, 0.1) is 23.0 Å². The third-order valence-corrected chi connectivity index (χ3v) is 11.9. The summed E-state index contributed by atoms with van der Waals surface area (Å²) in [4.78, 5) is 98.0. The highest BCUT2D eigenvalue weighted by Crippen LogP contribution is 2.36. The number of fused-ring (bicyclic) bond motifs is 2. The van der Waals surface area contributed by atoms with Crippen molar-refractivity contribution in [1.29, 1.82) is 0 Å². The molecule has 8 rings (SSSR count). The number of hydrogen-bond acceptors (Lipinski definition) is 12. The highest BCUT2D eigenvalue weighted by molar-refractivity contribution is 7.99. The van der Waals surface area contributed by atoms with Gasteiger partial charge in [0.2, 0.25) is 23.7 Å². The van der Waals surface area contributed by atoms with Crippen LogP contribution in [0.2, 0.25) is 0 Å². The van der Waals surface area contributed by atoms with Crippen molar-refractivity contribution < 1.29 is 28.8 Å². The number of nitrogens with zero attached hydrogens (tertiary/aromatic N) is 8. The summed E-state index contributed by atoms with van der Waals surface area (Å²) in [6.45, 7) is 2.37. The molecule has 1 unspecified atom stereocenters. The van der Waals surface area contributed by atoms with E-state index in [4.69, 9.17) is 4.98 Å². The summed E-state index contributed by atoms with van der Waals surface area (Å²) in [5.41, 5.74) is 2.74. The molecule has 4 aromatic rings. The molecule has 3 aromatic heterocycles. The molecule has 3 fully saturated rings. The first-order valence-corrected chi connectivity index (χ1v) is 19.9. The molecule has 0 radical (unpaired) electrons. The summed E-state index contributed by atoms with van der Waals surface area (Å²) >= 11 is 1.33. The number of nitrogens with one attached hydrogen (secondary N) is 2. The lowest BCUT2D eigenvalue weighted by Crippen LogP contribution is -2.54. The Hall–Kier alpha value is -5.84. The van der Waals surface area contributed by atoms with E-state index in [1.807, 2.05) is 23.1 Å². The molecule has 1 aliphatic carbocycles. The molecule has 4 aliphatic rings. The summed E-state index contributed by atoms with van der Waals surface area (Å²) in [5, 5.41) is 6.25. The van der Waals surface area contributed by atoms with Crippen LogP contribution < -0.4 is 15.5 Å². The van der Waals surface area contributed by atoms with E-state index in [1.54, 1.807) is 49.6 Å². The molecule has 6 heterocycles. The van der Waals surface area contributed by atoms with Gasteiger partial charge < -0.3 is 24.6 Å². The Bertz CT molecular complexity index is 2240. The second-order valence-corrected chi connectivity index (χ2v) is 15.8. The first-order valence-electron chi connectivity index (χ1n) is 18.9. The quantitative estimate of drug-likeness (QED) is 0.177. The monoisotopic (exact) mass is 778 g/mol. The number of rotatable bonds is 10. The Kier molecular flexibility index (Phi) is 10.2. The first-order chi connectivity index (χ1) is 27.1. The van der Waals surface area contributed by atoms with Gasteiger partial charge in [-0.25, -0.2) is 9.97 Å². The Balaban J connectivity index is 0.844. The zero-order valence-electron chi connectivity index (χ0n) is 31.2. The summed E-state index contributed by atoms with van der Waals surface area (Å²) < 4.78 is 2.08. The average molecular weight is 779 g/mol. The van der Waals surface area contributed by atoms with Gasteiger partial charge in [-0.2, -0.15) is 4.98 Å². The topological polar surface area (TPSA) is 183 Å². The van der Waals surface area contributed by atoms with Crippen LogP contribution >= 0.6 is 11.8 Å². The van der Waals surface area contributed by atoms with Crippen LogP contribution in [0.4, 0.5) is 17.5 Å². The number of benzene rings is 1. The van der Waals surface area contributed by atoms with E-state index in [2.05, 4.69) is 30.1 Å². The van der Waals surface area contributed by atoms with Gasteiger partial charge in [0.15, 0.2) is 0 Å². The van der Waals surface area contributed by atoms with E-state index in [-0.39, 0.29) is 48.2 Å². The van der Waals surface area contributed by atoms with E-state index in [1.165, 1.54) is 11.8 Å². The molecule has 2 saturated heterocycles. The molecular weight excluding hydrogens is 737 g/mol. The second kappa shape index (κ2) is 15.4. The van der Waals surface area contributed by atoms with Crippen molar-refractivity contribution in [3.05, 3.63) is 65.6 Å². The molecule has 1 aromatic carbocycles. The highest BCUT2D eigenvalue weighted by atomic mass is 32.2. The number of carbonyl (C=O) groups excluding carboxylic acids is 6. The van der Waals surface area contributed by atoms with Crippen LogP contribution in [0, 0.1) is 0 Å².